The topological polar surface area (TPSA) is 52.7 Å². The fourth-order valence-electron chi connectivity index (χ4n) is 1.72. The van der Waals surface area contributed by atoms with Crippen LogP contribution in [0.5, 0.6) is 0 Å². The number of rotatable bonds is 3. The minimum Gasteiger partial charge on any atom is -0.338 e. The molecule has 98 valence electrons. The lowest BCUT2D eigenvalue weighted by Crippen LogP contribution is -2.51. The van der Waals surface area contributed by atoms with E-state index in [1.54, 1.807) is 11.9 Å². The summed E-state index contributed by atoms with van der Waals surface area (Å²) in [6.45, 7) is 7.66. The third kappa shape index (κ3) is 4.34. The molecule has 0 radical (unpaired) electrons. The van der Waals surface area contributed by atoms with Gasteiger partial charge in [-0.05, 0) is 12.3 Å². The number of hydrogen-bond acceptors (Lipinski definition) is 3. The average molecular weight is 241 g/mol. The largest absolute Gasteiger partial charge is 0.338 e. The van der Waals surface area contributed by atoms with E-state index in [9.17, 15) is 9.59 Å². The number of nitrogens with one attached hydrogen (secondary N) is 1. The van der Waals surface area contributed by atoms with Gasteiger partial charge in [0.1, 0.15) is 0 Å². The van der Waals surface area contributed by atoms with E-state index >= 15 is 0 Å². The number of likely N-dealkylation sites (N-methyl/N-ethyl adjacent to an activating group) is 1. The first-order chi connectivity index (χ1) is 8.02. The molecule has 1 saturated heterocycles. The van der Waals surface area contributed by atoms with Crippen molar-refractivity contribution in [2.24, 2.45) is 5.92 Å². The lowest BCUT2D eigenvalue weighted by Gasteiger charge is -2.28. The number of amides is 2. The van der Waals surface area contributed by atoms with Crippen LogP contribution in [0.2, 0.25) is 0 Å². The van der Waals surface area contributed by atoms with E-state index in [1.165, 1.54) is 4.90 Å². The highest BCUT2D eigenvalue weighted by Crippen LogP contribution is 2.02. The molecular weight excluding hydrogens is 218 g/mol. The molecule has 1 heterocycles. The molecule has 0 saturated carbocycles. The van der Waals surface area contributed by atoms with Crippen LogP contribution in [0.25, 0.3) is 0 Å². The maximum atomic E-state index is 11.9. The minimum absolute atomic E-state index is 0.363. The first kappa shape index (κ1) is 14.0. The fraction of sp³-hybridized carbons (Fsp3) is 0.833. The van der Waals surface area contributed by atoms with Gasteiger partial charge in [-0.2, -0.15) is 0 Å². The Kier molecular flexibility index (Phi) is 5.41. The standard InChI is InChI=1S/C12H23N3O2/c1-10(2)4-7-14(3)11(16)12(17)15-8-5-13-6-9-15/h10,13H,4-9H2,1-3H3. The Hall–Kier alpha value is -1.10. The first-order valence-corrected chi connectivity index (χ1v) is 6.27. The van der Waals surface area contributed by atoms with Crippen molar-refractivity contribution < 1.29 is 9.59 Å². The van der Waals surface area contributed by atoms with Crippen molar-refractivity contribution in [1.29, 1.82) is 0 Å². The monoisotopic (exact) mass is 241 g/mol. The summed E-state index contributed by atoms with van der Waals surface area (Å²) in [7, 11) is 1.70. The van der Waals surface area contributed by atoms with Crippen molar-refractivity contribution in [3.63, 3.8) is 0 Å². The smallest absolute Gasteiger partial charge is 0.312 e. The molecule has 0 aliphatic carbocycles. The molecule has 1 fully saturated rings. The number of carbonyl (C=O) groups is 2. The first-order valence-electron chi connectivity index (χ1n) is 6.27. The molecule has 1 aliphatic rings. The predicted octanol–water partition coefficient (Wildman–Crippen LogP) is -0.0773. The Morgan fingerprint density at radius 3 is 2.41 bits per heavy atom. The molecule has 0 unspecified atom stereocenters. The SMILES string of the molecule is CC(C)CCN(C)C(=O)C(=O)N1CCNCC1. The van der Waals surface area contributed by atoms with Crippen LogP contribution in [-0.2, 0) is 9.59 Å². The van der Waals surface area contributed by atoms with Crippen LogP contribution >= 0.6 is 0 Å². The molecule has 5 nitrogen and oxygen atoms in total. The number of carbonyl (C=O) groups excluding carboxylic acids is 2. The van der Waals surface area contributed by atoms with Gasteiger partial charge in [0.25, 0.3) is 0 Å². The Labute approximate surface area is 103 Å². The summed E-state index contributed by atoms with van der Waals surface area (Å²) in [6.07, 6.45) is 0.928. The zero-order valence-electron chi connectivity index (χ0n) is 11.0. The van der Waals surface area contributed by atoms with E-state index in [2.05, 4.69) is 19.2 Å². The molecule has 1 N–H and O–H groups in total. The second-order valence-electron chi connectivity index (χ2n) is 4.95. The summed E-state index contributed by atoms with van der Waals surface area (Å²) in [4.78, 5) is 26.9. The van der Waals surface area contributed by atoms with E-state index < -0.39 is 0 Å². The lowest BCUT2D eigenvalue weighted by atomic mass is 10.1. The Bertz CT molecular complexity index is 273. The quantitative estimate of drug-likeness (QED) is 0.703. The number of hydrogen-bond donors (Lipinski definition) is 1. The van der Waals surface area contributed by atoms with Gasteiger partial charge in [0, 0.05) is 39.8 Å². The van der Waals surface area contributed by atoms with Crippen LogP contribution in [0.4, 0.5) is 0 Å². The van der Waals surface area contributed by atoms with Crippen LogP contribution in [-0.4, -0.2) is 61.4 Å². The summed E-state index contributed by atoms with van der Waals surface area (Å²) >= 11 is 0. The van der Waals surface area contributed by atoms with Crippen LogP contribution in [0.15, 0.2) is 0 Å². The molecule has 0 aromatic rings. The average Bonchev–Trinajstić information content (AvgIpc) is 2.35. The zero-order valence-corrected chi connectivity index (χ0v) is 11.0. The molecule has 17 heavy (non-hydrogen) atoms. The van der Waals surface area contributed by atoms with Crippen molar-refractivity contribution >= 4 is 11.8 Å². The molecule has 0 atom stereocenters. The highest BCUT2D eigenvalue weighted by molar-refractivity contribution is 6.34. The molecule has 1 aliphatic heterocycles. The highest BCUT2D eigenvalue weighted by atomic mass is 16.2. The third-order valence-corrected chi connectivity index (χ3v) is 2.98. The summed E-state index contributed by atoms with van der Waals surface area (Å²) in [5, 5.41) is 3.16. The summed E-state index contributed by atoms with van der Waals surface area (Å²) in [6, 6.07) is 0. The van der Waals surface area contributed by atoms with E-state index in [0.717, 1.165) is 19.5 Å². The van der Waals surface area contributed by atoms with Gasteiger partial charge in [0.15, 0.2) is 0 Å². The maximum Gasteiger partial charge on any atom is 0.312 e. The third-order valence-electron chi connectivity index (χ3n) is 2.98. The van der Waals surface area contributed by atoms with E-state index in [0.29, 0.717) is 25.6 Å². The van der Waals surface area contributed by atoms with Gasteiger partial charge in [-0.3, -0.25) is 9.59 Å². The molecule has 0 aromatic carbocycles. The van der Waals surface area contributed by atoms with Crippen LogP contribution in [0.1, 0.15) is 20.3 Å². The second-order valence-corrected chi connectivity index (χ2v) is 4.95. The molecule has 0 spiro atoms. The van der Waals surface area contributed by atoms with Crippen molar-refractivity contribution in [3.05, 3.63) is 0 Å². The molecule has 5 heteroatoms. The van der Waals surface area contributed by atoms with E-state index in [1.807, 2.05) is 0 Å². The second kappa shape index (κ2) is 6.59. The number of nitrogens with zero attached hydrogens (tertiary/aromatic N) is 2. The molecule has 0 bridgehead atoms. The van der Waals surface area contributed by atoms with Gasteiger partial charge in [0.2, 0.25) is 0 Å². The Morgan fingerprint density at radius 1 is 1.29 bits per heavy atom. The van der Waals surface area contributed by atoms with Gasteiger partial charge in [-0.15, -0.1) is 0 Å². The van der Waals surface area contributed by atoms with Crippen LogP contribution < -0.4 is 5.32 Å². The lowest BCUT2D eigenvalue weighted by molar-refractivity contribution is -0.151. The van der Waals surface area contributed by atoms with Gasteiger partial charge in [-0.25, -0.2) is 0 Å². The summed E-state index contributed by atoms with van der Waals surface area (Å²) in [5.41, 5.74) is 0. The van der Waals surface area contributed by atoms with E-state index in [-0.39, 0.29) is 11.8 Å². The highest BCUT2D eigenvalue weighted by Gasteiger charge is 2.25. The number of piperazine rings is 1. The van der Waals surface area contributed by atoms with Gasteiger partial charge < -0.3 is 15.1 Å². The molecule has 2 amide bonds. The van der Waals surface area contributed by atoms with Crippen LogP contribution in [0.3, 0.4) is 0 Å². The molecule has 1 rings (SSSR count). The van der Waals surface area contributed by atoms with Crippen molar-refractivity contribution in [1.82, 2.24) is 15.1 Å². The Morgan fingerprint density at radius 2 is 1.88 bits per heavy atom. The minimum atomic E-state index is -0.382. The molecular formula is C12H23N3O2. The van der Waals surface area contributed by atoms with E-state index in [4.69, 9.17) is 0 Å². The van der Waals surface area contributed by atoms with Crippen molar-refractivity contribution in [2.75, 3.05) is 39.8 Å². The van der Waals surface area contributed by atoms with Crippen molar-refractivity contribution in [3.8, 4) is 0 Å². The zero-order chi connectivity index (χ0) is 12.8. The van der Waals surface area contributed by atoms with Gasteiger partial charge in [0.05, 0.1) is 0 Å². The normalized spacial score (nSPS) is 16.1. The Balaban J connectivity index is 2.41. The van der Waals surface area contributed by atoms with Gasteiger partial charge in [-0.1, -0.05) is 13.8 Å². The maximum absolute atomic E-state index is 11.9. The fourth-order valence-corrected chi connectivity index (χ4v) is 1.72. The summed E-state index contributed by atoms with van der Waals surface area (Å²) < 4.78 is 0. The molecule has 0 aromatic heterocycles. The van der Waals surface area contributed by atoms with Gasteiger partial charge >= 0.3 is 11.8 Å². The predicted molar refractivity (Wildman–Crippen MR) is 66.5 cm³/mol. The summed E-state index contributed by atoms with van der Waals surface area (Å²) in [5.74, 6) is -0.204. The van der Waals surface area contributed by atoms with Crippen molar-refractivity contribution in [2.45, 2.75) is 20.3 Å². The van der Waals surface area contributed by atoms with Crippen LogP contribution in [0, 0.1) is 5.92 Å².